The van der Waals surface area contributed by atoms with Gasteiger partial charge in [-0.1, -0.05) is 19.9 Å². The summed E-state index contributed by atoms with van der Waals surface area (Å²) in [5.41, 5.74) is 1.77. The number of allylic oxidation sites excluding steroid dienone is 3. The Kier molecular flexibility index (Phi) is 4.10. The van der Waals surface area contributed by atoms with Gasteiger partial charge in [0.2, 0.25) is 5.91 Å². The van der Waals surface area contributed by atoms with E-state index in [1.54, 1.807) is 6.20 Å². The second-order valence-electron chi connectivity index (χ2n) is 8.98. The van der Waals surface area contributed by atoms with Crippen molar-refractivity contribution in [2.24, 2.45) is 17.3 Å². The number of nitrogens with zero attached hydrogens (tertiary/aromatic N) is 3. The highest BCUT2D eigenvalue weighted by atomic mass is 16.2. The van der Waals surface area contributed by atoms with Crippen LogP contribution in [0.2, 0.25) is 0 Å². The first-order chi connectivity index (χ1) is 14.4. The Morgan fingerprint density at radius 2 is 2.20 bits per heavy atom. The number of nitriles is 1. The van der Waals surface area contributed by atoms with Crippen LogP contribution in [-0.2, 0) is 4.79 Å². The summed E-state index contributed by atoms with van der Waals surface area (Å²) in [4.78, 5) is 27.6. The molecule has 2 fully saturated rings. The predicted molar refractivity (Wildman–Crippen MR) is 112 cm³/mol. The van der Waals surface area contributed by atoms with E-state index in [4.69, 9.17) is 5.10 Å². The molecule has 1 aliphatic heterocycles. The summed E-state index contributed by atoms with van der Waals surface area (Å²) < 4.78 is 1.84. The highest BCUT2D eigenvalue weighted by Gasteiger charge is 2.46. The van der Waals surface area contributed by atoms with Crippen molar-refractivity contribution in [1.82, 2.24) is 20.1 Å². The first-order valence-electron chi connectivity index (χ1n) is 10.4. The van der Waals surface area contributed by atoms with E-state index in [2.05, 4.69) is 21.7 Å². The number of hydrogen-bond donors (Lipinski definition) is 3. The molecule has 2 aromatic heterocycles. The summed E-state index contributed by atoms with van der Waals surface area (Å²) in [5.74, 6) is 1.06. The van der Waals surface area contributed by atoms with E-state index in [1.165, 1.54) is 0 Å². The summed E-state index contributed by atoms with van der Waals surface area (Å²) in [6, 6.07) is 4.07. The molecule has 3 N–H and O–H groups in total. The van der Waals surface area contributed by atoms with Crippen molar-refractivity contribution in [3.63, 3.8) is 0 Å². The molecule has 0 bridgehead atoms. The van der Waals surface area contributed by atoms with Crippen molar-refractivity contribution in [2.75, 3.05) is 5.32 Å². The fourth-order valence-electron chi connectivity index (χ4n) is 4.65. The highest BCUT2D eigenvalue weighted by molar-refractivity contribution is 5.91. The largest absolute Gasteiger partial charge is 0.338 e. The second kappa shape index (κ2) is 6.59. The van der Waals surface area contributed by atoms with Crippen LogP contribution in [0.4, 0.5) is 5.82 Å². The molecule has 30 heavy (non-hydrogen) atoms. The normalized spacial score (nSPS) is 23.2. The molecule has 5 rings (SSSR count). The molecular formula is C22H24N6O2. The van der Waals surface area contributed by atoms with Crippen LogP contribution in [0.5, 0.6) is 0 Å². The maximum atomic E-state index is 12.6. The Morgan fingerprint density at radius 3 is 2.93 bits per heavy atom. The number of rotatable bonds is 5. The van der Waals surface area contributed by atoms with Gasteiger partial charge in [-0.3, -0.25) is 14.3 Å². The third kappa shape index (κ3) is 2.84. The number of anilines is 1. The van der Waals surface area contributed by atoms with Gasteiger partial charge in [0.05, 0.1) is 29.5 Å². The van der Waals surface area contributed by atoms with Crippen LogP contribution in [-0.4, -0.2) is 20.7 Å². The molecule has 2 aromatic rings. The molecule has 2 aliphatic carbocycles. The lowest BCUT2D eigenvalue weighted by Gasteiger charge is -2.25. The average molecular weight is 404 g/mol. The lowest BCUT2D eigenvalue weighted by molar-refractivity contribution is -0.127. The van der Waals surface area contributed by atoms with Gasteiger partial charge >= 0.3 is 0 Å². The minimum Gasteiger partial charge on any atom is -0.338 e. The minimum absolute atomic E-state index is 0.0309. The molecule has 3 aliphatic rings. The van der Waals surface area contributed by atoms with E-state index in [9.17, 15) is 14.9 Å². The first-order valence-corrected chi connectivity index (χ1v) is 10.4. The van der Waals surface area contributed by atoms with Crippen LogP contribution in [0.25, 0.3) is 10.9 Å². The van der Waals surface area contributed by atoms with E-state index in [0.717, 1.165) is 36.2 Å². The molecule has 154 valence electrons. The Morgan fingerprint density at radius 1 is 1.40 bits per heavy atom. The topological polar surface area (TPSA) is 116 Å². The van der Waals surface area contributed by atoms with E-state index >= 15 is 0 Å². The number of H-pyrrole nitrogens is 1. The summed E-state index contributed by atoms with van der Waals surface area (Å²) in [6.07, 6.45) is 8.84. The molecule has 2 unspecified atom stereocenters. The smallest absolute Gasteiger partial charge is 0.261 e. The lowest BCUT2D eigenvalue weighted by atomic mass is 9.76. The zero-order valence-corrected chi connectivity index (χ0v) is 17.0. The monoisotopic (exact) mass is 404 g/mol. The minimum atomic E-state index is -0.436. The number of hydrogen-bond acceptors (Lipinski definition) is 5. The standard InChI is InChI=1S/C22H24N6O2/c1-22(2)14-6-5-13(11-15(14)26-21(22)30)25-19-18-17(8-10-24-20(18)29)28(27-19)16(7-9-23)12-3-4-12/h5,8,10-12,14,16H,3-4,6-7H2,1-2H3,(H,24,29)(H,25,27)(H,26,30). The zero-order chi connectivity index (χ0) is 21.0. The van der Waals surface area contributed by atoms with Crippen molar-refractivity contribution < 1.29 is 4.79 Å². The molecule has 1 amide bonds. The van der Waals surface area contributed by atoms with Crippen LogP contribution in [0.3, 0.4) is 0 Å². The summed E-state index contributed by atoms with van der Waals surface area (Å²) in [5, 5.41) is 20.8. The molecule has 3 heterocycles. The number of nitrogens with one attached hydrogen (secondary N) is 3. The number of fused-ring (bicyclic) bond motifs is 2. The molecule has 0 aromatic carbocycles. The Balaban J connectivity index is 1.52. The Bertz CT molecular complexity index is 1200. The van der Waals surface area contributed by atoms with Gasteiger partial charge in [-0.05, 0) is 37.3 Å². The Labute approximate surface area is 173 Å². The van der Waals surface area contributed by atoms with E-state index in [-0.39, 0.29) is 23.4 Å². The summed E-state index contributed by atoms with van der Waals surface area (Å²) in [6.45, 7) is 3.92. The van der Waals surface area contributed by atoms with Crippen molar-refractivity contribution in [2.45, 2.75) is 45.6 Å². The van der Waals surface area contributed by atoms with Gasteiger partial charge in [-0.25, -0.2) is 0 Å². The first kappa shape index (κ1) is 18.7. The van der Waals surface area contributed by atoms with Crippen molar-refractivity contribution in [3.05, 3.63) is 46.2 Å². The van der Waals surface area contributed by atoms with E-state index in [1.807, 2.05) is 36.7 Å². The number of aromatic nitrogens is 3. The number of carbonyl (C=O) groups is 1. The quantitative estimate of drug-likeness (QED) is 0.709. The van der Waals surface area contributed by atoms with Gasteiger partial charge in [0.1, 0.15) is 5.39 Å². The fraction of sp³-hybridized carbons (Fsp3) is 0.455. The SMILES string of the molecule is CC1(C)C(=O)NC2=CC(Nc3nn(C(CC#N)C4CC4)c4cc[nH]c(=O)c34)=CCC21. The summed E-state index contributed by atoms with van der Waals surface area (Å²) in [7, 11) is 0. The molecule has 8 nitrogen and oxygen atoms in total. The maximum Gasteiger partial charge on any atom is 0.261 e. The third-order valence-electron chi connectivity index (χ3n) is 6.65. The van der Waals surface area contributed by atoms with Gasteiger partial charge in [-0.2, -0.15) is 10.4 Å². The zero-order valence-electron chi connectivity index (χ0n) is 17.0. The number of pyridine rings is 1. The van der Waals surface area contributed by atoms with Gasteiger partial charge in [-0.15, -0.1) is 0 Å². The number of amides is 1. The lowest BCUT2D eigenvalue weighted by Crippen LogP contribution is -2.28. The molecule has 0 spiro atoms. The van der Waals surface area contributed by atoms with Crippen LogP contribution in [0.1, 0.15) is 45.6 Å². The van der Waals surface area contributed by atoms with Crippen molar-refractivity contribution in [3.8, 4) is 6.07 Å². The van der Waals surface area contributed by atoms with Gasteiger partial charge in [0.15, 0.2) is 5.82 Å². The van der Waals surface area contributed by atoms with Crippen LogP contribution >= 0.6 is 0 Å². The van der Waals surface area contributed by atoms with Gasteiger partial charge in [0.25, 0.3) is 5.56 Å². The molecule has 2 atom stereocenters. The van der Waals surface area contributed by atoms with Crippen molar-refractivity contribution in [1.29, 1.82) is 5.26 Å². The maximum absolute atomic E-state index is 12.6. The van der Waals surface area contributed by atoms with E-state index in [0.29, 0.717) is 23.5 Å². The van der Waals surface area contributed by atoms with E-state index < -0.39 is 5.41 Å². The van der Waals surface area contributed by atoms with Crippen LogP contribution in [0.15, 0.2) is 40.6 Å². The number of aromatic amines is 1. The van der Waals surface area contributed by atoms with Gasteiger partial charge < -0.3 is 15.6 Å². The molecule has 0 radical (unpaired) electrons. The predicted octanol–water partition coefficient (Wildman–Crippen LogP) is 2.94. The second-order valence-corrected chi connectivity index (χ2v) is 8.98. The summed E-state index contributed by atoms with van der Waals surface area (Å²) >= 11 is 0. The molecular weight excluding hydrogens is 380 g/mol. The molecule has 1 saturated heterocycles. The van der Waals surface area contributed by atoms with Gasteiger partial charge in [0, 0.05) is 23.5 Å². The molecule has 1 saturated carbocycles. The van der Waals surface area contributed by atoms with Crippen molar-refractivity contribution >= 4 is 22.6 Å². The molecule has 8 heteroatoms. The van der Waals surface area contributed by atoms with Crippen LogP contribution in [0, 0.1) is 28.6 Å². The third-order valence-corrected chi connectivity index (χ3v) is 6.65. The fourth-order valence-corrected chi connectivity index (χ4v) is 4.65. The highest BCUT2D eigenvalue weighted by Crippen LogP contribution is 2.44. The number of carbonyl (C=O) groups excluding carboxylic acids is 1. The average Bonchev–Trinajstić information content (AvgIpc) is 3.44. The van der Waals surface area contributed by atoms with Crippen LogP contribution < -0.4 is 16.2 Å². The Hall–Kier alpha value is -3.34.